The average Bonchev–Trinajstić information content (AvgIpc) is 2.61. The third-order valence-electron chi connectivity index (χ3n) is 4.54. The largest absolute Gasteiger partial charge is 0.348 e. The van der Waals surface area contributed by atoms with Gasteiger partial charge in [0.15, 0.2) is 0 Å². The molecule has 126 valence electrons. The third-order valence-corrected chi connectivity index (χ3v) is 4.54. The lowest BCUT2D eigenvalue weighted by molar-refractivity contribution is 0.0950. The highest BCUT2D eigenvalue weighted by Crippen LogP contribution is 2.19. The molecule has 0 aliphatic carbocycles. The average molecular weight is 324 g/mol. The Hall–Kier alpha value is -2.43. The van der Waals surface area contributed by atoms with Crippen LogP contribution in [0, 0.1) is 12.8 Å². The van der Waals surface area contributed by atoms with Crippen molar-refractivity contribution in [1.29, 1.82) is 0 Å². The fraction of sp³-hybridized carbons (Fsp3) is 0.421. The molecule has 2 heterocycles. The Kier molecular flexibility index (Phi) is 5.08. The van der Waals surface area contributed by atoms with Crippen LogP contribution in [0.4, 0.5) is 5.95 Å². The van der Waals surface area contributed by atoms with E-state index >= 15 is 0 Å². The Labute approximate surface area is 143 Å². The molecule has 5 nitrogen and oxygen atoms in total. The summed E-state index contributed by atoms with van der Waals surface area (Å²) in [5.41, 5.74) is 2.78. The van der Waals surface area contributed by atoms with E-state index in [0.717, 1.165) is 24.6 Å². The van der Waals surface area contributed by atoms with Crippen LogP contribution >= 0.6 is 0 Å². The van der Waals surface area contributed by atoms with Gasteiger partial charge in [-0.3, -0.25) is 4.79 Å². The normalized spacial score (nSPS) is 17.6. The minimum Gasteiger partial charge on any atom is -0.348 e. The second kappa shape index (κ2) is 7.43. The molecule has 1 aromatic heterocycles. The molecule has 1 unspecified atom stereocenters. The van der Waals surface area contributed by atoms with E-state index in [4.69, 9.17) is 0 Å². The van der Waals surface area contributed by atoms with Crippen molar-refractivity contribution in [2.75, 3.05) is 18.0 Å². The van der Waals surface area contributed by atoms with E-state index in [2.05, 4.69) is 27.1 Å². The zero-order chi connectivity index (χ0) is 16.9. The number of anilines is 1. The van der Waals surface area contributed by atoms with E-state index in [-0.39, 0.29) is 5.91 Å². The highest BCUT2D eigenvalue weighted by Gasteiger charge is 2.18. The number of carbonyl (C=O) groups is 1. The van der Waals surface area contributed by atoms with E-state index < -0.39 is 0 Å². The van der Waals surface area contributed by atoms with Crippen molar-refractivity contribution in [2.45, 2.75) is 33.2 Å². The number of hydrogen-bond donors (Lipinski definition) is 1. The maximum atomic E-state index is 12.3. The summed E-state index contributed by atoms with van der Waals surface area (Å²) in [6.45, 7) is 6.78. The molecule has 1 fully saturated rings. The Morgan fingerprint density at radius 3 is 2.75 bits per heavy atom. The maximum absolute atomic E-state index is 12.3. The van der Waals surface area contributed by atoms with Gasteiger partial charge in [-0.2, -0.15) is 0 Å². The fourth-order valence-corrected chi connectivity index (χ4v) is 3.06. The first kappa shape index (κ1) is 16.4. The van der Waals surface area contributed by atoms with Crippen LogP contribution in [0.15, 0.2) is 36.7 Å². The first-order chi connectivity index (χ1) is 11.6. The van der Waals surface area contributed by atoms with E-state index in [1.54, 1.807) is 12.4 Å². The van der Waals surface area contributed by atoms with E-state index in [9.17, 15) is 4.79 Å². The standard InChI is InChI=1S/C19H24N4O/c1-14-6-5-9-23(13-14)19-21-11-17(12-22-19)18(24)20-10-16-8-4-3-7-15(16)2/h3-4,7-8,11-12,14H,5-6,9-10,13H2,1-2H3,(H,20,24). The highest BCUT2D eigenvalue weighted by molar-refractivity contribution is 5.93. The Balaban J connectivity index is 1.60. The molecule has 3 rings (SSSR count). The predicted molar refractivity (Wildman–Crippen MR) is 95.0 cm³/mol. The van der Waals surface area contributed by atoms with Gasteiger partial charge in [-0.1, -0.05) is 31.2 Å². The first-order valence-corrected chi connectivity index (χ1v) is 8.53. The third kappa shape index (κ3) is 3.91. The monoisotopic (exact) mass is 324 g/mol. The summed E-state index contributed by atoms with van der Waals surface area (Å²) in [6, 6.07) is 8.03. The molecular formula is C19H24N4O. The predicted octanol–water partition coefficient (Wildman–Crippen LogP) is 2.95. The smallest absolute Gasteiger partial charge is 0.254 e. The number of nitrogens with zero attached hydrogens (tertiary/aromatic N) is 3. The van der Waals surface area contributed by atoms with E-state index in [1.807, 2.05) is 31.2 Å². The summed E-state index contributed by atoms with van der Waals surface area (Å²) in [5, 5.41) is 2.93. The van der Waals surface area contributed by atoms with Crippen LogP contribution in [0.3, 0.4) is 0 Å². The van der Waals surface area contributed by atoms with Gasteiger partial charge < -0.3 is 10.2 Å². The molecule has 0 radical (unpaired) electrons. The summed E-state index contributed by atoms with van der Waals surface area (Å²) in [7, 11) is 0. The fourth-order valence-electron chi connectivity index (χ4n) is 3.06. The lowest BCUT2D eigenvalue weighted by atomic mass is 10.0. The van der Waals surface area contributed by atoms with Crippen LogP contribution in [-0.2, 0) is 6.54 Å². The van der Waals surface area contributed by atoms with E-state index in [1.165, 1.54) is 18.4 Å². The van der Waals surface area contributed by atoms with Crippen molar-refractivity contribution in [1.82, 2.24) is 15.3 Å². The number of rotatable bonds is 4. The van der Waals surface area contributed by atoms with Crippen molar-refractivity contribution in [3.63, 3.8) is 0 Å². The first-order valence-electron chi connectivity index (χ1n) is 8.53. The number of aryl methyl sites for hydroxylation is 1. The lowest BCUT2D eigenvalue weighted by Crippen LogP contribution is -2.35. The summed E-state index contributed by atoms with van der Waals surface area (Å²) >= 11 is 0. The summed E-state index contributed by atoms with van der Waals surface area (Å²) in [6.07, 6.45) is 5.67. The molecule has 0 spiro atoms. The van der Waals surface area contributed by atoms with Crippen LogP contribution in [-0.4, -0.2) is 29.0 Å². The maximum Gasteiger partial charge on any atom is 0.254 e. The molecule has 1 saturated heterocycles. The quantitative estimate of drug-likeness (QED) is 0.939. The van der Waals surface area contributed by atoms with Gasteiger partial charge in [-0.15, -0.1) is 0 Å². The molecule has 1 atom stereocenters. The second-order valence-electron chi connectivity index (χ2n) is 6.57. The number of aromatic nitrogens is 2. The van der Waals surface area contributed by atoms with Gasteiger partial charge in [0.05, 0.1) is 5.56 Å². The van der Waals surface area contributed by atoms with Crippen LogP contribution in [0.25, 0.3) is 0 Å². The number of nitrogens with one attached hydrogen (secondary N) is 1. The highest BCUT2D eigenvalue weighted by atomic mass is 16.1. The molecule has 0 saturated carbocycles. The van der Waals surface area contributed by atoms with Crippen molar-refractivity contribution in [3.05, 3.63) is 53.3 Å². The Morgan fingerprint density at radius 2 is 2.04 bits per heavy atom. The van der Waals surface area contributed by atoms with Gasteiger partial charge in [0.1, 0.15) is 0 Å². The zero-order valence-electron chi connectivity index (χ0n) is 14.3. The van der Waals surface area contributed by atoms with Crippen molar-refractivity contribution in [2.24, 2.45) is 5.92 Å². The molecular weight excluding hydrogens is 300 g/mol. The molecule has 2 aromatic rings. The molecule has 24 heavy (non-hydrogen) atoms. The zero-order valence-corrected chi connectivity index (χ0v) is 14.3. The SMILES string of the molecule is Cc1ccccc1CNC(=O)c1cnc(N2CCCC(C)C2)nc1. The second-order valence-corrected chi connectivity index (χ2v) is 6.57. The van der Waals surface area contributed by atoms with Gasteiger partial charge in [0.25, 0.3) is 5.91 Å². The molecule has 1 aliphatic heterocycles. The number of piperidine rings is 1. The topological polar surface area (TPSA) is 58.1 Å². The molecule has 0 bridgehead atoms. The Bertz CT molecular complexity index is 699. The van der Waals surface area contributed by atoms with Crippen molar-refractivity contribution in [3.8, 4) is 0 Å². The minimum atomic E-state index is -0.142. The Morgan fingerprint density at radius 1 is 1.29 bits per heavy atom. The van der Waals surface area contributed by atoms with E-state index in [0.29, 0.717) is 18.0 Å². The molecule has 1 aromatic carbocycles. The van der Waals surface area contributed by atoms with Crippen LogP contribution < -0.4 is 10.2 Å². The molecule has 1 aliphatic rings. The summed E-state index contributed by atoms with van der Waals surface area (Å²) < 4.78 is 0. The van der Waals surface area contributed by atoms with Crippen LogP contribution in [0.1, 0.15) is 41.3 Å². The summed E-state index contributed by atoms with van der Waals surface area (Å²) in [4.78, 5) is 23.2. The molecule has 5 heteroatoms. The number of benzene rings is 1. The van der Waals surface area contributed by atoms with Gasteiger partial charge >= 0.3 is 0 Å². The van der Waals surface area contributed by atoms with Gasteiger partial charge in [0, 0.05) is 32.0 Å². The minimum absolute atomic E-state index is 0.142. The molecule has 1 amide bonds. The number of hydrogen-bond acceptors (Lipinski definition) is 4. The summed E-state index contributed by atoms with van der Waals surface area (Å²) in [5.74, 6) is 1.24. The van der Waals surface area contributed by atoms with Crippen molar-refractivity contribution >= 4 is 11.9 Å². The number of amides is 1. The van der Waals surface area contributed by atoms with Crippen LogP contribution in [0.5, 0.6) is 0 Å². The van der Waals surface area contributed by atoms with Gasteiger partial charge in [-0.05, 0) is 36.8 Å². The van der Waals surface area contributed by atoms with Crippen LogP contribution in [0.2, 0.25) is 0 Å². The van der Waals surface area contributed by atoms with Gasteiger partial charge in [0.2, 0.25) is 5.95 Å². The van der Waals surface area contributed by atoms with Gasteiger partial charge in [-0.25, -0.2) is 9.97 Å². The lowest BCUT2D eigenvalue weighted by Gasteiger charge is -2.30. The van der Waals surface area contributed by atoms with Crippen molar-refractivity contribution < 1.29 is 4.79 Å². The number of carbonyl (C=O) groups excluding carboxylic acids is 1. The molecule has 1 N–H and O–H groups in total.